The largest absolute Gasteiger partial charge is 0.478 e. The number of imidazole rings is 1. The molecular weight excluding hydrogens is 568 g/mol. The summed E-state index contributed by atoms with van der Waals surface area (Å²) in [6, 6.07) is 13.3. The second kappa shape index (κ2) is 10.8. The van der Waals surface area contributed by atoms with E-state index in [2.05, 4.69) is 14.9 Å². The van der Waals surface area contributed by atoms with Gasteiger partial charge in [0.15, 0.2) is 17.7 Å². The van der Waals surface area contributed by atoms with E-state index in [4.69, 9.17) is 25.8 Å². The van der Waals surface area contributed by atoms with Crippen molar-refractivity contribution in [2.75, 3.05) is 19.7 Å². The highest BCUT2D eigenvalue weighted by atomic mass is 35.5. The number of hydrogen-bond donors (Lipinski definition) is 2. The van der Waals surface area contributed by atoms with Crippen molar-refractivity contribution in [1.82, 2.24) is 14.9 Å². The predicted octanol–water partition coefficient (Wildman–Crippen LogP) is 6.70. The quantitative estimate of drug-likeness (QED) is 0.245. The number of aromatic amines is 1. The summed E-state index contributed by atoms with van der Waals surface area (Å²) in [7, 11) is 0. The maximum atomic E-state index is 15.4. The average Bonchev–Trinajstić information content (AvgIpc) is 3.55. The van der Waals surface area contributed by atoms with Crippen molar-refractivity contribution >= 4 is 28.6 Å². The number of fused-ring (bicyclic) bond motifs is 2. The summed E-state index contributed by atoms with van der Waals surface area (Å²) in [6.45, 7) is 2.56. The molecule has 2 fully saturated rings. The number of hydrogen-bond acceptors (Lipinski definition) is 6. The third kappa shape index (κ3) is 4.87. The van der Waals surface area contributed by atoms with E-state index in [0.717, 1.165) is 31.5 Å². The van der Waals surface area contributed by atoms with Crippen LogP contribution in [-0.2, 0) is 11.3 Å². The highest BCUT2D eigenvalue weighted by molar-refractivity contribution is 6.30. The Balaban J connectivity index is 1.05. The Morgan fingerprint density at radius 2 is 1.93 bits per heavy atom. The number of ether oxygens (including phenoxy) is 3. The van der Waals surface area contributed by atoms with Crippen molar-refractivity contribution in [3.05, 3.63) is 87.4 Å². The topological polar surface area (TPSA) is 96.9 Å². The second-order valence-corrected chi connectivity index (χ2v) is 11.4. The van der Waals surface area contributed by atoms with Crippen LogP contribution < -0.4 is 9.47 Å². The molecule has 4 heterocycles. The van der Waals surface area contributed by atoms with E-state index in [9.17, 15) is 14.3 Å². The van der Waals surface area contributed by atoms with Crippen LogP contribution in [0.25, 0.3) is 11.0 Å². The summed E-state index contributed by atoms with van der Waals surface area (Å²) in [5.41, 5.74) is 2.25. The molecule has 2 unspecified atom stereocenters. The standard InChI is InChI=1S/C31H28ClF2N3O5/c32-17-4-5-19(21(33)14-17)31-41-24-3-1-2-18(29(24)42-31)16-8-11-37(12-9-16)15-25-35-22-7-6-20(30(38)39)26(28(22)36-25)27(34)23-10-13-40-23/h1-7,14,16,23,27,31H,8-13,15H2,(H,35,36)(H,38,39)/t23-,27?,31?/m0/s1. The van der Waals surface area contributed by atoms with Crippen LogP contribution in [0.4, 0.5) is 8.78 Å². The number of benzene rings is 3. The number of nitrogens with zero attached hydrogens (tertiary/aromatic N) is 2. The van der Waals surface area contributed by atoms with Gasteiger partial charge in [-0.05, 0) is 68.2 Å². The molecule has 0 amide bonds. The molecule has 3 atom stereocenters. The Hall–Kier alpha value is -3.73. The van der Waals surface area contributed by atoms with Gasteiger partial charge in [0, 0.05) is 29.2 Å². The highest BCUT2D eigenvalue weighted by Gasteiger charge is 2.36. The normalized spacial score (nSPS) is 21.4. The summed E-state index contributed by atoms with van der Waals surface area (Å²) in [5, 5.41) is 10.0. The molecule has 0 aliphatic carbocycles. The number of H-pyrrole nitrogens is 1. The molecule has 3 aliphatic rings. The lowest BCUT2D eigenvalue weighted by Gasteiger charge is -2.32. The van der Waals surface area contributed by atoms with Gasteiger partial charge >= 0.3 is 5.97 Å². The van der Waals surface area contributed by atoms with Gasteiger partial charge in [0.05, 0.1) is 34.8 Å². The monoisotopic (exact) mass is 595 g/mol. The van der Waals surface area contributed by atoms with E-state index in [1.807, 2.05) is 18.2 Å². The molecule has 11 heteroatoms. The summed E-state index contributed by atoms with van der Waals surface area (Å²) >= 11 is 5.91. The van der Waals surface area contributed by atoms with Crippen LogP contribution in [0.3, 0.4) is 0 Å². The molecule has 0 bridgehead atoms. The number of carboxylic acids is 1. The van der Waals surface area contributed by atoms with Crippen molar-refractivity contribution in [2.45, 2.75) is 50.3 Å². The smallest absolute Gasteiger partial charge is 0.336 e. The van der Waals surface area contributed by atoms with Crippen LogP contribution in [0, 0.1) is 5.82 Å². The Bertz CT molecular complexity index is 1670. The fraction of sp³-hybridized carbons (Fsp3) is 0.355. The van der Waals surface area contributed by atoms with Crippen molar-refractivity contribution < 1.29 is 32.9 Å². The van der Waals surface area contributed by atoms with Gasteiger partial charge < -0.3 is 24.3 Å². The summed E-state index contributed by atoms with van der Waals surface area (Å²) < 4.78 is 47.3. The Morgan fingerprint density at radius 3 is 2.64 bits per heavy atom. The molecule has 8 nitrogen and oxygen atoms in total. The molecule has 3 aromatic carbocycles. The molecule has 0 spiro atoms. The molecule has 0 saturated carbocycles. The van der Waals surface area contributed by atoms with Gasteiger partial charge in [-0.1, -0.05) is 23.7 Å². The van der Waals surface area contributed by atoms with E-state index in [1.165, 1.54) is 12.1 Å². The molecule has 1 aromatic heterocycles. The first-order valence-corrected chi connectivity index (χ1v) is 14.4. The Kier molecular flexibility index (Phi) is 7.00. The van der Waals surface area contributed by atoms with E-state index >= 15 is 4.39 Å². The van der Waals surface area contributed by atoms with Gasteiger partial charge in [-0.25, -0.2) is 18.6 Å². The number of piperidine rings is 1. The van der Waals surface area contributed by atoms with E-state index in [-0.39, 0.29) is 17.0 Å². The number of para-hydroxylation sites is 1. The number of likely N-dealkylation sites (tertiary alicyclic amines) is 1. The van der Waals surface area contributed by atoms with Crippen molar-refractivity contribution in [2.24, 2.45) is 0 Å². The lowest BCUT2D eigenvalue weighted by Crippen LogP contribution is -2.33. The maximum Gasteiger partial charge on any atom is 0.336 e. The molecule has 4 aromatic rings. The lowest BCUT2D eigenvalue weighted by molar-refractivity contribution is -0.0936. The Morgan fingerprint density at radius 1 is 1.12 bits per heavy atom. The van der Waals surface area contributed by atoms with Gasteiger partial charge in [-0.15, -0.1) is 0 Å². The van der Waals surface area contributed by atoms with Crippen LogP contribution in [0.2, 0.25) is 5.02 Å². The van der Waals surface area contributed by atoms with Crippen LogP contribution in [0.15, 0.2) is 48.5 Å². The number of nitrogens with one attached hydrogen (secondary N) is 1. The summed E-state index contributed by atoms with van der Waals surface area (Å²) in [4.78, 5) is 22.0. The number of halogens is 3. The van der Waals surface area contributed by atoms with Crippen LogP contribution in [0.1, 0.15) is 70.5 Å². The zero-order chi connectivity index (χ0) is 29.0. The zero-order valence-corrected chi connectivity index (χ0v) is 23.2. The number of aromatic carboxylic acids is 1. The maximum absolute atomic E-state index is 15.4. The third-order valence-corrected chi connectivity index (χ3v) is 8.63. The van der Waals surface area contributed by atoms with Crippen molar-refractivity contribution in [3.63, 3.8) is 0 Å². The second-order valence-electron chi connectivity index (χ2n) is 11.0. The fourth-order valence-electron chi connectivity index (χ4n) is 6.11. The van der Waals surface area contributed by atoms with Gasteiger partial charge in [0.2, 0.25) is 0 Å². The van der Waals surface area contributed by atoms with E-state index in [0.29, 0.717) is 58.5 Å². The van der Waals surface area contributed by atoms with Crippen molar-refractivity contribution in [3.8, 4) is 11.5 Å². The molecule has 7 rings (SSSR count). The SMILES string of the molecule is O=C(O)c1ccc2[nH]c(CN3CCC(c4cccc5c4OC(c4ccc(Cl)cc4F)O5)CC3)nc2c1C(F)[C@@H]1CCO1. The number of aromatic nitrogens is 2. The molecule has 42 heavy (non-hydrogen) atoms. The van der Waals surface area contributed by atoms with Crippen LogP contribution in [-0.4, -0.2) is 51.7 Å². The summed E-state index contributed by atoms with van der Waals surface area (Å²) in [6.07, 6.45) is -0.821. The number of alkyl halides is 1. The van der Waals surface area contributed by atoms with Crippen LogP contribution in [0.5, 0.6) is 11.5 Å². The van der Waals surface area contributed by atoms with Crippen LogP contribution >= 0.6 is 11.6 Å². The van der Waals surface area contributed by atoms with Gasteiger partial charge in [-0.3, -0.25) is 4.90 Å². The van der Waals surface area contributed by atoms with E-state index in [1.54, 1.807) is 18.2 Å². The molecular formula is C31H28ClF2N3O5. The third-order valence-electron chi connectivity index (χ3n) is 8.40. The first-order chi connectivity index (χ1) is 20.4. The minimum atomic E-state index is -1.56. The van der Waals surface area contributed by atoms with Gasteiger partial charge in [0.1, 0.15) is 11.6 Å². The van der Waals surface area contributed by atoms with Gasteiger partial charge in [-0.2, -0.15) is 0 Å². The lowest BCUT2D eigenvalue weighted by atomic mass is 9.88. The van der Waals surface area contributed by atoms with E-state index < -0.39 is 30.4 Å². The highest BCUT2D eigenvalue weighted by Crippen LogP contribution is 2.47. The summed E-state index contributed by atoms with van der Waals surface area (Å²) in [5.74, 6) is 0.442. The van der Waals surface area contributed by atoms with Gasteiger partial charge in [0.25, 0.3) is 6.29 Å². The number of carbonyl (C=O) groups is 1. The molecule has 2 N–H and O–H groups in total. The molecule has 218 valence electrons. The Labute approximate surface area is 245 Å². The zero-order valence-electron chi connectivity index (χ0n) is 22.5. The minimum absolute atomic E-state index is 0.0721. The molecule has 3 aliphatic heterocycles. The fourth-order valence-corrected chi connectivity index (χ4v) is 6.27. The molecule has 0 radical (unpaired) electrons. The average molecular weight is 596 g/mol. The molecule has 2 saturated heterocycles. The number of carboxylic acid groups (broad SMARTS) is 1. The minimum Gasteiger partial charge on any atom is -0.478 e. The first kappa shape index (κ1) is 27.1. The first-order valence-electron chi connectivity index (χ1n) is 14.0. The predicted molar refractivity (Wildman–Crippen MR) is 150 cm³/mol. The number of rotatable bonds is 7. The van der Waals surface area contributed by atoms with Crippen molar-refractivity contribution in [1.29, 1.82) is 0 Å².